The van der Waals surface area contributed by atoms with Crippen molar-refractivity contribution in [3.05, 3.63) is 84.4 Å². The minimum absolute atomic E-state index is 0.231. The topological polar surface area (TPSA) is 83.0 Å². The van der Waals surface area contributed by atoms with Gasteiger partial charge in [0.1, 0.15) is 17.3 Å². The predicted octanol–water partition coefficient (Wildman–Crippen LogP) is 3.49. The average molecular weight is 467 g/mol. The van der Waals surface area contributed by atoms with Crippen LogP contribution in [0.2, 0.25) is 0 Å². The van der Waals surface area contributed by atoms with Crippen LogP contribution in [0.5, 0.6) is 5.75 Å². The molecule has 0 saturated carbocycles. The van der Waals surface area contributed by atoms with Crippen molar-refractivity contribution in [1.29, 1.82) is 0 Å². The van der Waals surface area contributed by atoms with Crippen molar-refractivity contribution >= 4 is 23.4 Å². The van der Waals surface area contributed by atoms with Crippen LogP contribution in [0.1, 0.15) is 49.8 Å². The summed E-state index contributed by atoms with van der Waals surface area (Å²) in [7, 11) is 1.58. The number of benzene rings is 1. The molecule has 4 rings (SSSR count). The number of furan rings is 1. The van der Waals surface area contributed by atoms with E-state index in [0.717, 1.165) is 17.7 Å². The van der Waals surface area contributed by atoms with Crippen molar-refractivity contribution < 1.29 is 18.7 Å². The summed E-state index contributed by atoms with van der Waals surface area (Å²) in [5, 5.41) is 0. The van der Waals surface area contributed by atoms with Gasteiger partial charge in [0, 0.05) is 6.08 Å². The molecule has 0 spiro atoms. The maximum absolute atomic E-state index is 13.6. The molecule has 1 unspecified atom stereocenters. The van der Waals surface area contributed by atoms with E-state index in [1.807, 2.05) is 50.2 Å². The Balaban J connectivity index is 2.00. The number of esters is 1. The molecule has 33 heavy (non-hydrogen) atoms. The highest BCUT2D eigenvalue weighted by Gasteiger charge is 2.34. The summed E-state index contributed by atoms with van der Waals surface area (Å²) in [6.45, 7) is 5.87. The summed E-state index contributed by atoms with van der Waals surface area (Å²) < 4.78 is 18.5. The fourth-order valence-corrected chi connectivity index (χ4v) is 4.91. The quantitative estimate of drug-likeness (QED) is 0.498. The number of nitrogens with zero attached hydrogens (tertiary/aromatic N) is 2. The van der Waals surface area contributed by atoms with Crippen molar-refractivity contribution in [2.75, 3.05) is 13.7 Å². The van der Waals surface area contributed by atoms with Gasteiger partial charge in [-0.1, -0.05) is 36.8 Å². The highest BCUT2D eigenvalue weighted by atomic mass is 32.1. The van der Waals surface area contributed by atoms with E-state index in [1.165, 1.54) is 11.3 Å². The van der Waals surface area contributed by atoms with Gasteiger partial charge < -0.3 is 13.9 Å². The molecule has 0 bridgehead atoms. The lowest BCUT2D eigenvalue weighted by molar-refractivity contribution is -0.139. The van der Waals surface area contributed by atoms with Gasteiger partial charge in [0.05, 0.1) is 35.6 Å². The number of hydrogen-bond acceptors (Lipinski definition) is 7. The Bertz CT molecular complexity index is 1390. The minimum Gasteiger partial charge on any atom is -0.497 e. The van der Waals surface area contributed by atoms with E-state index in [9.17, 15) is 9.59 Å². The van der Waals surface area contributed by atoms with Crippen LogP contribution in [0.4, 0.5) is 0 Å². The highest BCUT2D eigenvalue weighted by Crippen LogP contribution is 2.33. The van der Waals surface area contributed by atoms with Gasteiger partial charge in [0.15, 0.2) is 4.80 Å². The Morgan fingerprint density at radius 1 is 1.27 bits per heavy atom. The number of thiazole rings is 1. The van der Waals surface area contributed by atoms with E-state index < -0.39 is 12.0 Å². The largest absolute Gasteiger partial charge is 0.497 e. The van der Waals surface area contributed by atoms with Crippen LogP contribution in [-0.4, -0.2) is 24.3 Å². The lowest BCUT2D eigenvalue weighted by Gasteiger charge is -2.26. The second-order valence-corrected chi connectivity index (χ2v) is 8.65. The molecule has 2 aromatic heterocycles. The number of hydrogen-bond donors (Lipinski definition) is 0. The lowest BCUT2D eigenvalue weighted by Crippen LogP contribution is -2.40. The number of aryl methyl sites for hydroxylation is 1. The van der Waals surface area contributed by atoms with E-state index in [1.54, 1.807) is 24.7 Å². The Morgan fingerprint density at radius 3 is 2.76 bits per heavy atom. The Labute approximate surface area is 195 Å². The van der Waals surface area contributed by atoms with Crippen molar-refractivity contribution in [3.63, 3.8) is 0 Å². The number of carbonyl (C=O) groups is 1. The third-order valence-electron chi connectivity index (χ3n) is 5.34. The number of ether oxygens (including phenoxy) is 2. The molecule has 0 aliphatic carbocycles. The van der Waals surface area contributed by atoms with Crippen molar-refractivity contribution in [1.82, 2.24) is 4.57 Å². The summed E-state index contributed by atoms with van der Waals surface area (Å²) in [4.78, 5) is 32.0. The summed E-state index contributed by atoms with van der Waals surface area (Å²) in [5.74, 6) is 1.53. The third kappa shape index (κ3) is 4.43. The molecule has 0 radical (unpaired) electrons. The summed E-state index contributed by atoms with van der Waals surface area (Å²) in [6.07, 6.45) is 3.11. The smallest absolute Gasteiger partial charge is 0.338 e. The first-order valence-electron chi connectivity index (χ1n) is 10.9. The standard InChI is InChI=1S/C25H26N2O5S/c1-5-8-19-21(24(29)31-6-2)22(16-9-7-10-17(13-16)30-4)27-23(28)20(33-25(27)26-19)14-18-12-11-15(3)32-18/h7,9-14,22H,5-6,8H2,1-4H3/b20-14-. The molecular weight excluding hydrogens is 440 g/mol. The molecule has 1 aromatic carbocycles. The van der Waals surface area contributed by atoms with Gasteiger partial charge in [-0.25, -0.2) is 9.79 Å². The summed E-state index contributed by atoms with van der Waals surface area (Å²) in [5.41, 5.74) is 1.55. The van der Waals surface area contributed by atoms with E-state index in [0.29, 0.717) is 38.5 Å². The average Bonchev–Trinajstić information content (AvgIpc) is 3.35. The molecule has 3 aromatic rings. The highest BCUT2D eigenvalue weighted by molar-refractivity contribution is 7.07. The van der Waals surface area contributed by atoms with Crippen LogP contribution in [0.25, 0.3) is 6.08 Å². The SMILES string of the molecule is CCCC1=C(C(=O)OCC)C(c2cccc(OC)c2)n2c(s/c(=C\c3ccc(C)o3)c2=O)=N1. The Kier molecular flexibility index (Phi) is 6.65. The number of rotatable bonds is 7. The Morgan fingerprint density at radius 2 is 2.09 bits per heavy atom. The Hall–Kier alpha value is -3.39. The maximum atomic E-state index is 13.6. The molecule has 0 amide bonds. The van der Waals surface area contributed by atoms with E-state index in [2.05, 4.69) is 0 Å². The van der Waals surface area contributed by atoms with Gasteiger partial charge in [0.25, 0.3) is 5.56 Å². The first kappa shape index (κ1) is 22.8. The van der Waals surface area contributed by atoms with Crippen molar-refractivity contribution in [3.8, 4) is 5.75 Å². The van der Waals surface area contributed by atoms with Gasteiger partial charge in [-0.3, -0.25) is 9.36 Å². The van der Waals surface area contributed by atoms with Gasteiger partial charge in [-0.05, 0) is 50.1 Å². The monoisotopic (exact) mass is 466 g/mol. The van der Waals surface area contributed by atoms with Crippen molar-refractivity contribution in [2.24, 2.45) is 4.99 Å². The zero-order valence-electron chi connectivity index (χ0n) is 19.1. The van der Waals surface area contributed by atoms with Crippen LogP contribution in [-0.2, 0) is 9.53 Å². The van der Waals surface area contributed by atoms with Crippen LogP contribution < -0.4 is 19.6 Å². The number of allylic oxidation sites excluding steroid dienone is 1. The number of fused-ring (bicyclic) bond motifs is 1. The molecular formula is C25H26N2O5S. The molecule has 0 saturated heterocycles. The third-order valence-corrected chi connectivity index (χ3v) is 6.32. The molecule has 172 valence electrons. The molecule has 1 aliphatic heterocycles. The normalized spacial score (nSPS) is 15.9. The fourth-order valence-electron chi connectivity index (χ4n) is 3.91. The van der Waals surface area contributed by atoms with Crippen LogP contribution in [0.15, 0.2) is 61.9 Å². The van der Waals surface area contributed by atoms with Gasteiger partial charge in [-0.2, -0.15) is 0 Å². The maximum Gasteiger partial charge on any atom is 0.338 e. The van der Waals surface area contributed by atoms with Crippen LogP contribution >= 0.6 is 11.3 Å². The molecule has 7 nitrogen and oxygen atoms in total. The molecule has 0 fully saturated rings. The van der Waals surface area contributed by atoms with Crippen LogP contribution in [0.3, 0.4) is 0 Å². The second kappa shape index (κ2) is 9.62. The van der Waals surface area contributed by atoms with Gasteiger partial charge in [0.2, 0.25) is 0 Å². The second-order valence-electron chi connectivity index (χ2n) is 7.64. The molecule has 1 atom stereocenters. The number of carbonyl (C=O) groups excluding carboxylic acids is 1. The van der Waals surface area contributed by atoms with Crippen LogP contribution in [0, 0.1) is 6.92 Å². The first-order chi connectivity index (χ1) is 16.0. The minimum atomic E-state index is -0.669. The number of methoxy groups -OCH3 is 1. The van der Waals surface area contributed by atoms with Gasteiger partial charge in [-0.15, -0.1) is 0 Å². The molecule has 0 N–H and O–H groups in total. The van der Waals surface area contributed by atoms with Gasteiger partial charge >= 0.3 is 5.97 Å². The predicted molar refractivity (Wildman–Crippen MR) is 126 cm³/mol. The van der Waals surface area contributed by atoms with E-state index >= 15 is 0 Å². The molecule has 3 heterocycles. The molecule has 1 aliphatic rings. The van der Waals surface area contributed by atoms with E-state index in [-0.39, 0.29) is 12.2 Å². The molecule has 8 heteroatoms. The summed E-state index contributed by atoms with van der Waals surface area (Å²) in [6, 6.07) is 10.4. The van der Waals surface area contributed by atoms with Crippen molar-refractivity contribution in [2.45, 2.75) is 39.7 Å². The number of aromatic nitrogens is 1. The first-order valence-corrected chi connectivity index (χ1v) is 11.7. The zero-order chi connectivity index (χ0) is 23.5. The lowest BCUT2D eigenvalue weighted by atomic mass is 9.94. The fraction of sp³-hybridized carbons (Fsp3) is 0.320. The zero-order valence-corrected chi connectivity index (χ0v) is 19.9. The van der Waals surface area contributed by atoms with E-state index in [4.69, 9.17) is 18.9 Å². The summed E-state index contributed by atoms with van der Waals surface area (Å²) >= 11 is 1.28.